The third-order valence-corrected chi connectivity index (χ3v) is 3.32. The van der Waals surface area contributed by atoms with Gasteiger partial charge in [0.25, 0.3) is 0 Å². The van der Waals surface area contributed by atoms with Gasteiger partial charge in [0.05, 0.1) is 5.56 Å². The summed E-state index contributed by atoms with van der Waals surface area (Å²) >= 11 is 3.30. The number of hydrogen-bond acceptors (Lipinski definition) is 2. The van der Waals surface area contributed by atoms with Crippen molar-refractivity contribution in [3.63, 3.8) is 0 Å². The first-order valence-corrected chi connectivity index (χ1v) is 6.68. The predicted molar refractivity (Wildman–Crippen MR) is 74.0 cm³/mol. The average Bonchev–Trinajstić information content (AvgIpc) is 2.38. The van der Waals surface area contributed by atoms with Gasteiger partial charge in [-0.05, 0) is 51.7 Å². The lowest BCUT2D eigenvalue weighted by Crippen LogP contribution is -2.14. The highest BCUT2D eigenvalue weighted by molar-refractivity contribution is 9.10. The topological polar surface area (TPSA) is 38.9 Å². The van der Waals surface area contributed by atoms with Gasteiger partial charge in [-0.25, -0.2) is 0 Å². The lowest BCUT2D eigenvalue weighted by Gasteiger charge is -2.13. The first-order valence-electron chi connectivity index (χ1n) is 5.88. The second-order valence-corrected chi connectivity index (χ2v) is 5.36. The number of pyridine rings is 1. The van der Waals surface area contributed by atoms with Gasteiger partial charge in [0.1, 0.15) is 0 Å². The van der Waals surface area contributed by atoms with Crippen LogP contribution in [0, 0.1) is 0 Å². The molecule has 1 unspecified atom stereocenters. The summed E-state index contributed by atoms with van der Waals surface area (Å²) in [4.78, 5) is 4.02. The molecule has 106 valence electrons. The first-order chi connectivity index (χ1) is 9.36. The summed E-state index contributed by atoms with van der Waals surface area (Å²) in [6.45, 7) is 0. The maximum atomic E-state index is 12.5. The smallest absolute Gasteiger partial charge is 0.324 e. The van der Waals surface area contributed by atoms with E-state index in [0.717, 1.165) is 27.7 Å². The van der Waals surface area contributed by atoms with E-state index >= 15 is 0 Å². The Morgan fingerprint density at radius 3 is 2.35 bits per heavy atom. The summed E-state index contributed by atoms with van der Waals surface area (Å²) < 4.78 is 38.2. The molecular formula is C14H12BrF3N2. The Bertz CT molecular complexity index is 582. The van der Waals surface area contributed by atoms with Gasteiger partial charge in [-0.15, -0.1) is 0 Å². The molecule has 0 fully saturated rings. The molecule has 2 N–H and O–H groups in total. The van der Waals surface area contributed by atoms with Crippen molar-refractivity contribution in [1.29, 1.82) is 0 Å². The number of rotatable bonds is 3. The zero-order chi connectivity index (χ0) is 14.8. The molecule has 2 nitrogen and oxygen atoms in total. The van der Waals surface area contributed by atoms with Crippen molar-refractivity contribution in [2.45, 2.75) is 18.6 Å². The van der Waals surface area contributed by atoms with Crippen LogP contribution in [-0.4, -0.2) is 4.98 Å². The van der Waals surface area contributed by atoms with Crippen LogP contribution in [-0.2, 0) is 12.6 Å². The van der Waals surface area contributed by atoms with Crippen molar-refractivity contribution >= 4 is 15.9 Å². The summed E-state index contributed by atoms with van der Waals surface area (Å²) in [6, 6.07) is 6.59. The number of benzene rings is 1. The molecule has 2 aromatic rings. The Balaban J connectivity index is 2.10. The third-order valence-electron chi connectivity index (χ3n) is 2.89. The molecule has 0 saturated heterocycles. The average molecular weight is 345 g/mol. The number of nitrogens with zero attached hydrogens (tertiary/aromatic N) is 1. The van der Waals surface area contributed by atoms with Crippen molar-refractivity contribution < 1.29 is 13.2 Å². The molecule has 0 saturated carbocycles. The number of hydrogen-bond donors (Lipinski definition) is 1. The van der Waals surface area contributed by atoms with Crippen LogP contribution in [0.25, 0.3) is 0 Å². The fourth-order valence-corrected chi connectivity index (χ4v) is 2.22. The van der Waals surface area contributed by atoms with Gasteiger partial charge in [0, 0.05) is 22.9 Å². The molecule has 0 bridgehead atoms. The van der Waals surface area contributed by atoms with Crippen LogP contribution in [0.1, 0.15) is 22.7 Å². The van der Waals surface area contributed by atoms with E-state index in [0.29, 0.717) is 6.42 Å². The van der Waals surface area contributed by atoms with Gasteiger partial charge in [-0.1, -0.05) is 12.1 Å². The first kappa shape index (κ1) is 15.0. The monoisotopic (exact) mass is 344 g/mol. The van der Waals surface area contributed by atoms with E-state index in [1.165, 1.54) is 12.1 Å². The minimum atomic E-state index is -4.31. The molecule has 20 heavy (non-hydrogen) atoms. The molecule has 0 amide bonds. The summed E-state index contributed by atoms with van der Waals surface area (Å²) in [5, 5.41) is 0. The van der Waals surface area contributed by atoms with Crippen LogP contribution >= 0.6 is 15.9 Å². The number of nitrogens with two attached hydrogens (primary N) is 1. The number of aromatic nitrogens is 1. The SMILES string of the molecule is NC(Cc1ccc(C(F)(F)F)cc1)c1cncc(Br)c1. The van der Waals surface area contributed by atoms with Gasteiger partial charge in [0.2, 0.25) is 0 Å². The summed E-state index contributed by atoms with van der Waals surface area (Å²) in [5.74, 6) is 0. The Kier molecular flexibility index (Phi) is 4.45. The second-order valence-electron chi connectivity index (χ2n) is 4.44. The fourth-order valence-electron chi connectivity index (χ4n) is 1.83. The normalized spacial score (nSPS) is 13.2. The zero-order valence-electron chi connectivity index (χ0n) is 10.4. The van der Waals surface area contributed by atoms with Crippen molar-refractivity contribution in [1.82, 2.24) is 4.98 Å². The highest BCUT2D eigenvalue weighted by Gasteiger charge is 2.29. The number of alkyl halides is 3. The molecule has 0 spiro atoms. The Morgan fingerprint density at radius 2 is 1.80 bits per heavy atom. The van der Waals surface area contributed by atoms with E-state index in [4.69, 9.17) is 5.73 Å². The van der Waals surface area contributed by atoms with E-state index in [1.54, 1.807) is 12.4 Å². The van der Waals surface area contributed by atoms with Crippen molar-refractivity contribution in [3.8, 4) is 0 Å². The lowest BCUT2D eigenvalue weighted by molar-refractivity contribution is -0.137. The standard InChI is InChI=1S/C14H12BrF3N2/c15-12-6-10(7-20-8-12)13(19)5-9-1-3-11(4-2-9)14(16,17)18/h1-4,6-8,13H,5,19H2. The zero-order valence-corrected chi connectivity index (χ0v) is 11.9. The molecule has 0 aliphatic rings. The molecule has 2 rings (SSSR count). The van der Waals surface area contributed by atoms with Crippen LogP contribution in [0.4, 0.5) is 13.2 Å². The quantitative estimate of drug-likeness (QED) is 0.910. The highest BCUT2D eigenvalue weighted by Crippen LogP contribution is 2.29. The van der Waals surface area contributed by atoms with Crippen molar-refractivity contribution in [3.05, 3.63) is 63.9 Å². The van der Waals surface area contributed by atoms with Gasteiger partial charge in [0.15, 0.2) is 0 Å². The van der Waals surface area contributed by atoms with Gasteiger partial charge >= 0.3 is 6.18 Å². The number of halogens is 4. The molecule has 0 radical (unpaired) electrons. The summed E-state index contributed by atoms with van der Waals surface area (Å²) in [5.41, 5.74) is 6.97. The maximum Gasteiger partial charge on any atom is 0.416 e. The molecular weight excluding hydrogens is 333 g/mol. The van der Waals surface area contributed by atoms with Gasteiger partial charge < -0.3 is 5.73 Å². The lowest BCUT2D eigenvalue weighted by atomic mass is 10.00. The highest BCUT2D eigenvalue weighted by atomic mass is 79.9. The Morgan fingerprint density at radius 1 is 1.15 bits per heavy atom. The van der Waals surface area contributed by atoms with E-state index in [9.17, 15) is 13.2 Å². The molecule has 0 aliphatic heterocycles. The molecule has 6 heteroatoms. The van der Waals surface area contributed by atoms with Gasteiger partial charge in [-0.3, -0.25) is 4.98 Å². The van der Waals surface area contributed by atoms with Crippen molar-refractivity contribution in [2.24, 2.45) is 5.73 Å². The summed E-state index contributed by atoms with van der Waals surface area (Å²) in [7, 11) is 0. The van der Waals surface area contributed by atoms with E-state index in [-0.39, 0.29) is 6.04 Å². The van der Waals surface area contributed by atoms with Crippen LogP contribution < -0.4 is 5.73 Å². The predicted octanol–water partition coefficient (Wildman–Crippen LogP) is 4.11. The molecule has 1 heterocycles. The fraction of sp³-hybridized carbons (Fsp3) is 0.214. The second kappa shape index (κ2) is 5.93. The largest absolute Gasteiger partial charge is 0.416 e. The molecule has 0 aliphatic carbocycles. The van der Waals surface area contributed by atoms with Crippen LogP contribution in [0.5, 0.6) is 0 Å². The third kappa shape index (κ3) is 3.80. The summed E-state index contributed by atoms with van der Waals surface area (Å²) in [6.07, 6.45) is -0.557. The molecule has 1 aromatic heterocycles. The van der Waals surface area contributed by atoms with E-state index < -0.39 is 11.7 Å². The van der Waals surface area contributed by atoms with Crippen molar-refractivity contribution in [2.75, 3.05) is 0 Å². The van der Waals surface area contributed by atoms with Crippen LogP contribution in [0.15, 0.2) is 47.2 Å². The van der Waals surface area contributed by atoms with Crippen LogP contribution in [0.2, 0.25) is 0 Å². The minimum absolute atomic E-state index is 0.309. The van der Waals surface area contributed by atoms with Crippen LogP contribution in [0.3, 0.4) is 0 Å². The van der Waals surface area contributed by atoms with E-state index in [2.05, 4.69) is 20.9 Å². The Hall–Kier alpha value is -1.40. The molecule has 1 aromatic carbocycles. The van der Waals surface area contributed by atoms with Gasteiger partial charge in [-0.2, -0.15) is 13.2 Å². The maximum absolute atomic E-state index is 12.5. The Labute approximate surface area is 123 Å². The molecule has 1 atom stereocenters. The minimum Gasteiger partial charge on any atom is -0.324 e. The van der Waals surface area contributed by atoms with E-state index in [1.807, 2.05) is 6.07 Å².